The average molecular weight is 541 g/mol. The number of nitrogens with zero attached hydrogens (tertiary/aromatic N) is 4. The van der Waals surface area contributed by atoms with Gasteiger partial charge in [-0.25, -0.2) is 19.9 Å². The molecule has 0 aliphatic carbocycles. The van der Waals surface area contributed by atoms with Gasteiger partial charge in [0.2, 0.25) is 0 Å². The third-order valence-corrected chi connectivity index (χ3v) is 6.41. The lowest BCUT2D eigenvalue weighted by Gasteiger charge is -2.10. The molecule has 0 spiro atoms. The van der Waals surface area contributed by atoms with Gasteiger partial charge in [0.15, 0.2) is 11.6 Å². The fraction of sp³-hybridized carbons (Fsp3) is 0.318. The highest BCUT2D eigenvalue weighted by atomic mass is 35.5. The van der Waals surface area contributed by atoms with Gasteiger partial charge in [-0.2, -0.15) is 13.2 Å². The molecule has 2 N–H and O–H groups in total. The van der Waals surface area contributed by atoms with Gasteiger partial charge < -0.3 is 10.6 Å². The van der Waals surface area contributed by atoms with Crippen LogP contribution in [-0.2, 0) is 11.0 Å². The molecule has 0 radical (unpaired) electrons. The molecule has 1 atom stereocenters. The molecule has 0 saturated heterocycles. The van der Waals surface area contributed by atoms with E-state index in [4.69, 9.17) is 11.6 Å². The van der Waals surface area contributed by atoms with Gasteiger partial charge in [-0.05, 0) is 6.07 Å². The number of aromatic nitrogens is 4. The molecule has 0 saturated carbocycles. The van der Waals surface area contributed by atoms with E-state index in [1.54, 1.807) is 13.8 Å². The zero-order chi connectivity index (χ0) is 26.5. The highest BCUT2D eigenvalue weighted by molar-refractivity contribution is 7.13. The number of anilines is 2. The van der Waals surface area contributed by atoms with Crippen molar-refractivity contribution in [3.63, 3.8) is 0 Å². The SMILES string of the molecule is CCC(=O)CNc1cc(C(=O)C[C@H](C)c2ncc(C(=O)Nc3cc(C(F)(F)F)c(Cl)cn3)s2)ncn1. The number of carbonyl (C=O) groups excluding carboxylic acids is 3. The van der Waals surface area contributed by atoms with Crippen molar-refractivity contribution in [3.8, 4) is 0 Å². The minimum Gasteiger partial charge on any atom is -0.363 e. The van der Waals surface area contributed by atoms with Gasteiger partial charge >= 0.3 is 6.18 Å². The van der Waals surface area contributed by atoms with Gasteiger partial charge in [-0.1, -0.05) is 25.4 Å². The van der Waals surface area contributed by atoms with Gasteiger partial charge in [-0.3, -0.25) is 14.4 Å². The lowest BCUT2D eigenvalue weighted by atomic mass is 10.0. The minimum atomic E-state index is -4.70. The topological polar surface area (TPSA) is 127 Å². The predicted molar refractivity (Wildman–Crippen MR) is 127 cm³/mol. The van der Waals surface area contributed by atoms with Crippen molar-refractivity contribution in [2.24, 2.45) is 0 Å². The monoisotopic (exact) mass is 540 g/mol. The third-order valence-electron chi connectivity index (χ3n) is 4.88. The van der Waals surface area contributed by atoms with E-state index < -0.39 is 22.7 Å². The molecule has 0 bridgehead atoms. The fourth-order valence-electron chi connectivity index (χ4n) is 2.91. The van der Waals surface area contributed by atoms with E-state index in [0.29, 0.717) is 23.3 Å². The second kappa shape index (κ2) is 11.5. The van der Waals surface area contributed by atoms with Gasteiger partial charge in [-0.15, -0.1) is 11.3 Å². The molecule has 190 valence electrons. The summed E-state index contributed by atoms with van der Waals surface area (Å²) in [5, 5.41) is 5.04. The van der Waals surface area contributed by atoms with Crippen LogP contribution in [0.1, 0.15) is 63.3 Å². The number of alkyl halides is 3. The Morgan fingerprint density at radius 3 is 2.53 bits per heavy atom. The summed E-state index contributed by atoms with van der Waals surface area (Å²) < 4.78 is 39.1. The molecular formula is C22H20ClF3N6O3S. The first-order chi connectivity index (χ1) is 17.0. The average Bonchev–Trinajstić information content (AvgIpc) is 3.34. The summed E-state index contributed by atoms with van der Waals surface area (Å²) in [6, 6.07) is 2.10. The maximum Gasteiger partial charge on any atom is 0.418 e. The molecule has 3 heterocycles. The molecule has 0 fully saturated rings. The first-order valence-corrected chi connectivity index (χ1v) is 11.8. The Morgan fingerprint density at radius 2 is 1.83 bits per heavy atom. The third kappa shape index (κ3) is 7.04. The van der Waals surface area contributed by atoms with E-state index in [9.17, 15) is 27.6 Å². The summed E-state index contributed by atoms with van der Waals surface area (Å²) in [5.74, 6) is -1.34. The quantitative estimate of drug-likeness (QED) is 0.343. The molecule has 3 aromatic rings. The normalized spacial score (nSPS) is 12.2. The van der Waals surface area contributed by atoms with Gasteiger partial charge in [0, 0.05) is 31.0 Å². The predicted octanol–water partition coefficient (Wildman–Crippen LogP) is 5.02. The van der Waals surface area contributed by atoms with Crippen LogP contribution in [0.2, 0.25) is 5.02 Å². The molecule has 14 heteroatoms. The van der Waals surface area contributed by atoms with Gasteiger partial charge in [0.25, 0.3) is 5.91 Å². The lowest BCUT2D eigenvalue weighted by molar-refractivity contribution is -0.137. The Balaban J connectivity index is 1.64. The van der Waals surface area contributed by atoms with E-state index in [1.165, 1.54) is 18.6 Å². The van der Waals surface area contributed by atoms with Crippen molar-refractivity contribution in [2.45, 2.75) is 38.8 Å². The largest absolute Gasteiger partial charge is 0.418 e. The van der Waals surface area contributed by atoms with Crippen molar-refractivity contribution in [1.82, 2.24) is 19.9 Å². The maximum absolute atomic E-state index is 13.0. The van der Waals surface area contributed by atoms with Crippen molar-refractivity contribution in [3.05, 3.63) is 57.0 Å². The van der Waals surface area contributed by atoms with E-state index in [1.807, 2.05) is 0 Å². The summed E-state index contributed by atoms with van der Waals surface area (Å²) in [6.07, 6.45) is -0.994. The number of Topliss-reactive ketones (excluding diaryl/α,β-unsaturated/α-hetero) is 2. The summed E-state index contributed by atoms with van der Waals surface area (Å²) in [6.45, 7) is 3.58. The molecule has 3 aromatic heterocycles. The molecule has 0 aliphatic heterocycles. The first-order valence-electron chi connectivity index (χ1n) is 10.6. The Hall–Kier alpha value is -3.45. The second-order valence-electron chi connectivity index (χ2n) is 7.63. The molecule has 36 heavy (non-hydrogen) atoms. The number of amides is 1. The summed E-state index contributed by atoms with van der Waals surface area (Å²) in [4.78, 5) is 52.6. The summed E-state index contributed by atoms with van der Waals surface area (Å²) >= 11 is 6.55. The second-order valence-corrected chi connectivity index (χ2v) is 9.10. The van der Waals surface area contributed by atoms with E-state index in [0.717, 1.165) is 17.5 Å². The zero-order valence-corrected chi connectivity index (χ0v) is 20.6. The lowest BCUT2D eigenvalue weighted by Crippen LogP contribution is -2.14. The molecule has 9 nitrogen and oxygen atoms in total. The number of hydrogen-bond acceptors (Lipinski definition) is 9. The van der Waals surface area contributed by atoms with Crippen LogP contribution in [0.4, 0.5) is 24.8 Å². The van der Waals surface area contributed by atoms with E-state index in [-0.39, 0.29) is 46.8 Å². The first kappa shape index (κ1) is 27.1. The number of pyridine rings is 1. The van der Waals surface area contributed by atoms with Crippen LogP contribution in [0.5, 0.6) is 0 Å². The van der Waals surface area contributed by atoms with E-state index in [2.05, 4.69) is 30.6 Å². The van der Waals surface area contributed by atoms with Gasteiger partial charge in [0.05, 0.1) is 28.3 Å². The summed E-state index contributed by atoms with van der Waals surface area (Å²) in [5.41, 5.74) is -0.960. The number of nitrogens with one attached hydrogen (secondary N) is 2. The van der Waals surface area contributed by atoms with Gasteiger partial charge in [0.1, 0.15) is 28.5 Å². The fourth-order valence-corrected chi connectivity index (χ4v) is 3.99. The minimum absolute atomic E-state index is 0.00800. The highest BCUT2D eigenvalue weighted by Gasteiger charge is 2.34. The number of carbonyl (C=O) groups is 3. The molecule has 0 unspecified atom stereocenters. The van der Waals surface area contributed by atoms with Crippen LogP contribution in [0.15, 0.2) is 30.9 Å². The number of halogens is 4. The standard InChI is InChI=1S/C22H20ClF3N6O3S/c1-3-12(33)7-27-18-6-15(30-10-31-18)16(34)4-11(2)21-29-9-17(36-21)20(35)32-19-5-13(22(24,25)26)14(23)8-28-19/h5-6,8-11H,3-4,7H2,1-2H3,(H,27,30,31)(H,28,32,35)/t11-/m0/s1. The highest BCUT2D eigenvalue weighted by Crippen LogP contribution is 2.35. The van der Waals surface area contributed by atoms with Crippen molar-refractivity contribution >= 4 is 52.0 Å². The summed E-state index contributed by atoms with van der Waals surface area (Å²) in [7, 11) is 0. The van der Waals surface area contributed by atoms with Crippen LogP contribution in [-0.4, -0.2) is 44.0 Å². The van der Waals surface area contributed by atoms with Crippen LogP contribution in [0.25, 0.3) is 0 Å². The maximum atomic E-state index is 13.0. The van der Waals surface area contributed by atoms with Crippen molar-refractivity contribution < 1.29 is 27.6 Å². The van der Waals surface area contributed by atoms with Crippen LogP contribution in [0.3, 0.4) is 0 Å². The zero-order valence-electron chi connectivity index (χ0n) is 19.0. The van der Waals surface area contributed by atoms with Crippen LogP contribution < -0.4 is 10.6 Å². The Bertz CT molecular complexity index is 1280. The van der Waals surface area contributed by atoms with E-state index >= 15 is 0 Å². The molecule has 0 aliphatic rings. The number of thiazole rings is 1. The van der Waals surface area contributed by atoms with Crippen LogP contribution in [0, 0.1) is 0 Å². The van der Waals surface area contributed by atoms with Crippen molar-refractivity contribution in [1.29, 1.82) is 0 Å². The van der Waals surface area contributed by atoms with Crippen molar-refractivity contribution in [2.75, 3.05) is 17.2 Å². The molecule has 1 amide bonds. The Morgan fingerprint density at radius 1 is 1.08 bits per heavy atom. The smallest absolute Gasteiger partial charge is 0.363 e. The van der Waals surface area contributed by atoms with Crippen LogP contribution >= 0.6 is 22.9 Å². The number of rotatable bonds is 10. The molecule has 0 aromatic carbocycles. The Kier molecular flexibility index (Phi) is 8.69. The Labute approximate surface area is 212 Å². The number of hydrogen-bond donors (Lipinski definition) is 2. The number of ketones is 2. The molecule has 3 rings (SSSR count). The molecular weight excluding hydrogens is 521 g/mol.